The fourth-order valence-corrected chi connectivity index (χ4v) is 6.43. The molecule has 2 atom stereocenters. The van der Waals surface area contributed by atoms with Gasteiger partial charge in [-0.15, -0.1) is 34.1 Å². The number of nitrogens with zero attached hydrogens (tertiary/aromatic N) is 4. The van der Waals surface area contributed by atoms with E-state index in [2.05, 4.69) is 69.8 Å². The van der Waals surface area contributed by atoms with Crippen molar-refractivity contribution < 1.29 is 132 Å². The van der Waals surface area contributed by atoms with Crippen molar-refractivity contribution in [2.24, 2.45) is 0 Å². The van der Waals surface area contributed by atoms with Crippen LogP contribution in [0.5, 0.6) is 0 Å². The maximum atomic E-state index is 11.8. The zero-order valence-corrected chi connectivity index (χ0v) is 37.6. The summed E-state index contributed by atoms with van der Waals surface area (Å²) in [5.74, 6) is -1.69. The molecule has 4 N–H and O–H groups in total. The second-order valence-electron chi connectivity index (χ2n) is 12.7. The molecule has 0 saturated carbocycles. The molecule has 0 fully saturated rings. The molecule has 8 nitrogen and oxygen atoms in total. The Bertz CT molecular complexity index is 2460. The Morgan fingerprint density at radius 1 is 0.525 bits per heavy atom. The van der Waals surface area contributed by atoms with Gasteiger partial charge in [-0.1, -0.05) is 140 Å². The Morgan fingerprint density at radius 3 is 1.31 bits per heavy atom. The van der Waals surface area contributed by atoms with Crippen molar-refractivity contribution in [1.82, 2.24) is 0 Å². The SMILES string of the molecule is C1=C[N-]c2c3c(ccc2=C1)=CC=C[N-]3.C1=C[N-]c2c3c(ccc2=C1)=CC=C[N-]3.OC(=CC(O)c1ccccc1)c1ccccc1.OC(=CC(O)c1cccs1)C(F)(F)F.[Eu+2].[Eu+2]. The van der Waals surface area contributed by atoms with Crippen molar-refractivity contribution in [3.8, 4) is 0 Å². The second-order valence-corrected chi connectivity index (χ2v) is 13.7. The molecule has 14 heteroatoms. The first-order valence-electron chi connectivity index (χ1n) is 18.1. The van der Waals surface area contributed by atoms with Gasteiger partial charge in [0.15, 0.2) is 5.76 Å². The first-order chi connectivity index (χ1) is 28.6. The van der Waals surface area contributed by atoms with Crippen molar-refractivity contribution in [2.75, 3.05) is 0 Å². The minimum Gasteiger partial charge on any atom is -0.665 e. The van der Waals surface area contributed by atoms with Crippen LogP contribution in [0.15, 0.2) is 169 Å². The fraction of sp³-hybridized carbons (Fsp3) is 0.0638. The summed E-state index contributed by atoms with van der Waals surface area (Å²) in [6.45, 7) is 0. The number of fused-ring (bicyclic) bond motifs is 6. The van der Waals surface area contributed by atoms with Gasteiger partial charge in [-0.05, 0) is 50.0 Å². The quantitative estimate of drug-likeness (QED) is 0.130. The van der Waals surface area contributed by atoms with Crippen LogP contribution in [0.4, 0.5) is 35.9 Å². The third-order valence-corrected chi connectivity index (χ3v) is 9.60. The minimum atomic E-state index is -4.81. The van der Waals surface area contributed by atoms with Gasteiger partial charge in [0.1, 0.15) is 18.0 Å². The van der Waals surface area contributed by atoms with Crippen molar-refractivity contribution >= 4 is 64.1 Å². The number of thiophene rings is 1. The number of allylic oxidation sites excluding steroid dienone is 5. The summed E-state index contributed by atoms with van der Waals surface area (Å²) in [7, 11) is 0. The van der Waals surface area contributed by atoms with Gasteiger partial charge in [0.25, 0.3) is 0 Å². The van der Waals surface area contributed by atoms with E-state index in [1.807, 2.05) is 72.8 Å². The van der Waals surface area contributed by atoms with E-state index in [0.717, 1.165) is 60.5 Å². The predicted molar refractivity (Wildman–Crippen MR) is 232 cm³/mol. The maximum absolute atomic E-state index is 11.8. The van der Waals surface area contributed by atoms with Gasteiger partial charge in [-0.25, -0.2) is 0 Å². The minimum absolute atomic E-state index is 0. The number of aliphatic hydroxyl groups is 4. The predicted octanol–water partition coefficient (Wildman–Crippen LogP) is 10.7. The number of hydrogen-bond acceptors (Lipinski definition) is 5. The van der Waals surface area contributed by atoms with Crippen LogP contribution in [0.3, 0.4) is 0 Å². The summed E-state index contributed by atoms with van der Waals surface area (Å²) >= 11 is 1.11. The zero-order chi connectivity index (χ0) is 41.6. The summed E-state index contributed by atoms with van der Waals surface area (Å²) < 4.78 is 35.5. The van der Waals surface area contributed by atoms with E-state index < -0.39 is 24.1 Å². The normalized spacial score (nSPS) is 14.4. The van der Waals surface area contributed by atoms with Gasteiger partial charge in [0.2, 0.25) is 0 Å². The van der Waals surface area contributed by atoms with Crippen LogP contribution in [-0.4, -0.2) is 26.6 Å². The van der Waals surface area contributed by atoms with Gasteiger partial charge in [0.05, 0.1) is 0 Å². The van der Waals surface area contributed by atoms with Crippen molar-refractivity contribution in [1.29, 1.82) is 0 Å². The van der Waals surface area contributed by atoms with Gasteiger partial charge in [0, 0.05) is 10.4 Å². The van der Waals surface area contributed by atoms with E-state index in [0.29, 0.717) is 16.5 Å². The Balaban J connectivity index is 0.000000178. The summed E-state index contributed by atoms with van der Waals surface area (Å²) in [6.07, 6.45) is 18.0. The molecule has 0 saturated heterocycles. The van der Waals surface area contributed by atoms with Crippen LogP contribution < -0.4 is 20.9 Å². The number of rotatable bonds is 5. The molecule has 4 aromatic carbocycles. The number of hydrogen-bond donors (Lipinski definition) is 4. The molecule has 4 aliphatic heterocycles. The molecule has 0 amide bonds. The van der Waals surface area contributed by atoms with Crippen LogP contribution in [0.25, 0.3) is 51.3 Å². The zero-order valence-electron chi connectivity index (χ0n) is 31.9. The third kappa shape index (κ3) is 14.4. The van der Waals surface area contributed by atoms with Crippen LogP contribution >= 0.6 is 11.3 Å². The molecule has 0 aliphatic carbocycles. The summed E-state index contributed by atoms with van der Waals surface area (Å²) in [5.41, 5.74) is 5.37. The molecule has 0 bridgehead atoms. The number of benzene rings is 4. The molecule has 2 radical (unpaired) electrons. The number of halogens is 3. The molecular weight excluding hydrogens is 1080 g/mol. The molecule has 5 aromatic rings. The van der Waals surface area contributed by atoms with Gasteiger partial charge >= 0.3 is 105 Å². The van der Waals surface area contributed by atoms with Gasteiger partial charge in [-0.3, -0.25) is 0 Å². The van der Waals surface area contributed by atoms with E-state index in [-0.39, 0.29) is 105 Å². The van der Waals surface area contributed by atoms with Crippen LogP contribution in [-0.2, 0) is 0 Å². The van der Waals surface area contributed by atoms with Gasteiger partial charge in [-0.2, -0.15) is 38.0 Å². The molecule has 1 aromatic heterocycles. The molecular formula is C47H37Eu2F3N4O4S. The fourth-order valence-electron chi connectivity index (χ4n) is 5.75. The van der Waals surface area contributed by atoms with Crippen molar-refractivity contribution in [3.05, 3.63) is 228 Å². The summed E-state index contributed by atoms with van der Waals surface area (Å²) in [6, 6.07) is 29.8. The standard InChI is InChI=1S/C15H14O2.2C12H8N2.C8H7F3O2S.2Eu/c16-14(12-7-3-1-4-8-12)11-15(17)13-9-5-2-6-10-13;2*1-3-9-5-6-10-4-2-8-14-12(10)11(9)13-7-1;9-8(10,11)7(13)4-5(12)6-2-1-3-14-6;;/h1-11,14,16-17H;2*1-8H;1-5,12-13H;;/q;2*-2;;2*+2. The average molecular weight is 1110 g/mol. The molecule has 0 spiro atoms. The van der Waals surface area contributed by atoms with E-state index in [1.54, 1.807) is 48.4 Å². The van der Waals surface area contributed by atoms with Crippen molar-refractivity contribution in [2.45, 2.75) is 18.4 Å². The number of alkyl halides is 3. The van der Waals surface area contributed by atoms with E-state index in [1.165, 1.54) is 12.1 Å². The molecule has 310 valence electrons. The van der Waals surface area contributed by atoms with Crippen molar-refractivity contribution in [3.63, 3.8) is 0 Å². The first kappa shape index (κ1) is 49.8. The maximum Gasteiger partial charge on any atom is 2.00 e. The van der Waals surface area contributed by atoms with E-state index in [4.69, 9.17) is 5.11 Å². The number of aliphatic hydroxyl groups excluding tert-OH is 4. The molecule has 9 rings (SSSR count). The average Bonchev–Trinajstić information content (AvgIpc) is 3.83. The summed E-state index contributed by atoms with van der Waals surface area (Å²) in [5, 5.41) is 61.1. The van der Waals surface area contributed by atoms with E-state index in [9.17, 15) is 28.5 Å². The Hall–Kier alpha value is -3.82. The third-order valence-electron chi connectivity index (χ3n) is 8.66. The second kappa shape index (κ2) is 24.7. The summed E-state index contributed by atoms with van der Waals surface area (Å²) in [4.78, 5) is 0.348. The topological polar surface area (TPSA) is 137 Å². The van der Waals surface area contributed by atoms with Crippen LogP contribution in [0.2, 0.25) is 0 Å². The largest absolute Gasteiger partial charge is 2.00 e. The molecule has 61 heavy (non-hydrogen) atoms. The van der Waals surface area contributed by atoms with Crippen LogP contribution in [0, 0.1) is 98.8 Å². The van der Waals surface area contributed by atoms with Gasteiger partial charge < -0.3 is 41.7 Å². The Labute approximate surface area is 436 Å². The van der Waals surface area contributed by atoms with Crippen LogP contribution in [0.1, 0.15) is 28.2 Å². The Kier molecular flexibility index (Phi) is 20.2. The van der Waals surface area contributed by atoms with E-state index >= 15 is 0 Å². The molecule has 2 unspecified atom stereocenters. The Morgan fingerprint density at radius 2 is 0.934 bits per heavy atom. The monoisotopic (exact) mass is 1120 g/mol. The smallest absolute Gasteiger partial charge is 0.665 e. The first-order valence-corrected chi connectivity index (χ1v) is 19.0. The molecule has 4 aliphatic rings. The molecule has 5 heterocycles.